The van der Waals surface area contributed by atoms with Gasteiger partial charge in [-0.15, -0.1) is 0 Å². The molecule has 1 rings (SSSR count). The van der Waals surface area contributed by atoms with E-state index < -0.39 is 5.97 Å². The van der Waals surface area contributed by atoms with Crippen molar-refractivity contribution in [2.45, 2.75) is 0 Å². The Morgan fingerprint density at radius 1 is 1.67 bits per heavy atom. The van der Waals surface area contributed by atoms with Gasteiger partial charge in [-0.2, -0.15) is 5.10 Å². The number of amides is 1. The van der Waals surface area contributed by atoms with Crippen LogP contribution in [-0.4, -0.2) is 39.9 Å². The van der Waals surface area contributed by atoms with E-state index in [1.807, 2.05) is 0 Å². The van der Waals surface area contributed by atoms with Gasteiger partial charge in [-0.25, -0.2) is 4.79 Å². The number of aromatic nitrogens is 2. The maximum absolute atomic E-state index is 11.4. The smallest absolute Gasteiger partial charge is 0.356 e. The molecule has 4 N–H and O–H groups in total. The van der Waals surface area contributed by atoms with E-state index in [1.165, 1.54) is 17.8 Å². The number of nitrogens with zero attached hydrogens (tertiary/aromatic N) is 2. The Morgan fingerprint density at radius 3 is 2.80 bits per heavy atom. The average molecular weight is 212 g/mol. The molecule has 0 aliphatic carbocycles. The van der Waals surface area contributed by atoms with Crippen molar-refractivity contribution in [2.75, 3.05) is 13.1 Å². The third kappa shape index (κ3) is 2.53. The molecule has 1 heterocycles. The first-order chi connectivity index (χ1) is 7.06. The van der Waals surface area contributed by atoms with Gasteiger partial charge in [0.15, 0.2) is 5.69 Å². The minimum atomic E-state index is -1.16. The van der Waals surface area contributed by atoms with Crippen molar-refractivity contribution in [2.24, 2.45) is 12.8 Å². The van der Waals surface area contributed by atoms with Crippen LogP contribution in [0.4, 0.5) is 0 Å². The Hall–Kier alpha value is -1.89. The predicted molar refractivity (Wildman–Crippen MR) is 51.6 cm³/mol. The van der Waals surface area contributed by atoms with Crippen LogP contribution >= 0.6 is 0 Å². The molecule has 1 amide bonds. The molecule has 0 fully saturated rings. The molecule has 7 heteroatoms. The van der Waals surface area contributed by atoms with Gasteiger partial charge in [0.2, 0.25) is 0 Å². The number of hydrogen-bond acceptors (Lipinski definition) is 4. The van der Waals surface area contributed by atoms with Crippen LogP contribution in [0.1, 0.15) is 21.0 Å². The minimum Gasteiger partial charge on any atom is -0.476 e. The number of rotatable bonds is 4. The van der Waals surface area contributed by atoms with Gasteiger partial charge in [0.05, 0.1) is 0 Å². The van der Waals surface area contributed by atoms with Crippen LogP contribution in [0, 0.1) is 0 Å². The minimum absolute atomic E-state index is 0.157. The molecule has 0 atom stereocenters. The van der Waals surface area contributed by atoms with Gasteiger partial charge >= 0.3 is 5.97 Å². The summed E-state index contributed by atoms with van der Waals surface area (Å²) < 4.78 is 1.22. The van der Waals surface area contributed by atoms with Crippen LogP contribution in [0.3, 0.4) is 0 Å². The molecule has 0 bridgehead atoms. The normalized spacial score (nSPS) is 10.0. The number of carboxylic acids is 1. The van der Waals surface area contributed by atoms with E-state index in [1.54, 1.807) is 0 Å². The number of hydrogen-bond donors (Lipinski definition) is 3. The van der Waals surface area contributed by atoms with Crippen molar-refractivity contribution >= 4 is 11.9 Å². The summed E-state index contributed by atoms with van der Waals surface area (Å²) in [5.41, 5.74) is 5.25. The molecule has 0 saturated heterocycles. The SMILES string of the molecule is Cn1nc(C(=O)O)cc1C(=O)NCCN. The molecule has 15 heavy (non-hydrogen) atoms. The van der Waals surface area contributed by atoms with E-state index in [4.69, 9.17) is 10.8 Å². The Labute approximate surface area is 85.9 Å². The van der Waals surface area contributed by atoms with Crippen molar-refractivity contribution in [3.8, 4) is 0 Å². The summed E-state index contributed by atoms with van der Waals surface area (Å²) >= 11 is 0. The highest BCUT2D eigenvalue weighted by Crippen LogP contribution is 2.02. The molecule has 7 nitrogen and oxygen atoms in total. The third-order valence-corrected chi connectivity index (χ3v) is 1.76. The second-order valence-corrected chi connectivity index (χ2v) is 2.89. The zero-order chi connectivity index (χ0) is 11.4. The highest BCUT2D eigenvalue weighted by Gasteiger charge is 2.15. The molecule has 0 saturated carbocycles. The number of aromatic carboxylic acids is 1. The van der Waals surface area contributed by atoms with E-state index >= 15 is 0 Å². The summed E-state index contributed by atoms with van der Waals surface area (Å²) in [7, 11) is 1.50. The Balaban J connectivity index is 2.85. The highest BCUT2D eigenvalue weighted by atomic mass is 16.4. The monoisotopic (exact) mass is 212 g/mol. The molecule has 0 aliphatic rings. The Kier molecular flexibility index (Phi) is 3.40. The first-order valence-electron chi connectivity index (χ1n) is 4.32. The fourth-order valence-electron chi connectivity index (χ4n) is 1.06. The van der Waals surface area contributed by atoms with Crippen LogP contribution in [-0.2, 0) is 7.05 Å². The van der Waals surface area contributed by atoms with Gasteiger partial charge in [0, 0.05) is 26.2 Å². The molecule has 1 aromatic rings. The molecule has 0 unspecified atom stereocenters. The van der Waals surface area contributed by atoms with Gasteiger partial charge in [-0.1, -0.05) is 0 Å². The van der Waals surface area contributed by atoms with Crippen molar-refractivity contribution in [3.63, 3.8) is 0 Å². The molecular weight excluding hydrogens is 200 g/mol. The van der Waals surface area contributed by atoms with Gasteiger partial charge in [0.25, 0.3) is 5.91 Å². The largest absolute Gasteiger partial charge is 0.476 e. The van der Waals surface area contributed by atoms with Crippen LogP contribution in [0.15, 0.2) is 6.07 Å². The van der Waals surface area contributed by atoms with E-state index in [-0.39, 0.29) is 17.3 Å². The fraction of sp³-hybridized carbons (Fsp3) is 0.375. The van der Waals surface area contributed by atoms with Gasteiger partial charge in [-0.3, -0.25) is 9.48 Å². The first-order valence-corrected chi connectivity index (χ1v) is 4.32. The lowest BCUT2D eigenvalue weighted by Crippen LogP contribution is -2.30. The van der Waals surface area contributed by atoms with Gasteiger partial charge in [-0.05, 0) is 0 Å². The number of aryl methyl sites for hydroxylation is 1. The van der Waals surface area contributed by atoms with E-state index in [0.29, 0.717) is 13.1 Å². The number of carboxylic acid groups (broad SMARTS) is 1. The fourth-order valence-corrected chi connectivity index (χ4v) is 1.06. The third-order valence-electron chi connectivity index (χ3n) is 1.76. The van der Waals surface area contributed by atoms with Crippen molar-refractivity contribution in [3.05, 3.63) is 17.5 Å². The molecule has 0 radical (unpaired) electrons. The summed E-state index contributed by atoms with van der Waals surface area (Å²) in [6, 6.07) is 1.22. The zero-order valence-electron chi connectivity index (χ0n) is 8.23. The Bertz CT molecular complexity index is 385. The standard InChI is InChI=1S/C8H12N4O3/c1-12-6(7(13)10-3-2-9)4-5(11-12)8(14)15/h4H,2-3,9H2,1H3,(H,10,13)(H,14,15). The van der Waals surface area contributed by atoms with Crippen molar-refractivity contribution in [1.29, 1.82) is 0 Å². The van der Waals surface area contributed by atoms with Crippen LogP contribution in [0.5, 0.6) is 0 Å². The topological polar surface area (TPSA) is 110 Å². The molecule has 0 aliphatic heterocycles. The summed E-state index contributed by atoms with van der Waals surface area (Å²) in [4.78, 5) is 22.0. The summed E-state index contributed by atoms with van der Waals surface area (Å²) in [5, 5.41) is 14.8. The maximum Gasteiger partial charge on any atom is 0.356 e. The van der Waals surface area contributed by atoms with Crippen LogP contribution < -0.4 is 11.1 Å². The van der Waals surface area contributed by atoms with E-state index in [2.05, 4.69) is 10.4 Å². The van der Waals surface area contributed by atoms with E-state index in [9.17, 15) is 9.59 Å². The zero-order valence-corrected chi connectivity index (χ0v) is 8.23. The second-order valence-electron chi connectivity index (χ2n) is 2.89. The van der Waals surface area contributed by atoms with Gasteiger partial charge in [0.1, 0.15) is 5.69 Å². The molecule has 0 aromatic carbocycles. The lowest BCUT2D eigenvalue weighted by molar-refractivity contribution is 0.0689. The van der Waals surface area contributed by atoms with Crippen molar-refractivity contribution in [1.82, 2.24) is 15.1 Å². The molecule has 82 valence electrons. The number of carbonyl (C=O) groups excluding carboxylic acids is 1. The number of carbonyl (C=O) groups is 2. The van der Waals surface area contributed by atoms with E-state index in [0.717, 1.165) is 0 Å². The number of nitrogens with two attached hydrogens (primary N) is 1. The van der Waals surface area contributed by atoms with Crippen molar-refractivity contribution < 1.29 is 14.7 Å². The molecule has 1 aromatic heterocycles. The highest BCUT2D eigenvalue weighted by molar-refractivity contribution is 5.95. The molecule has 0 spiro atoms. The average Bonchev–Trinajstić information content (AvgIpc) is 2.57. The summed E-state index contributed by atoms with van der Waals surface area (Å²) in [5.74, 6) is -1.55. The van der Waals surface area contributed by atoms with Crippen LogP contribution in [0.2, 0.25) is 0 Å². The Morgan fingerprint density at radius 2 is 2.33 bits per heavy atom. The quantitative estimate of drug-likeness (QED) is 0.581. The maximum atomic E-state index is 11.4. The first kappa shape index (κ1) is 11.2. The lowest BCUT2D eigenvalue weighted by atomic mass is 10.3. The predicted octanol–water partition coefficient (Wildman–Crippen LogP) is -1.19. The summed E-state index contributed by atoms with van der Waals surface area (Å²) in [6.45, 7) is 0.668. The second kappa shape index (κ2) is 4.56. The number of nitrogens with one attached hydrogen (secondary N) is 1. The molecular formula is C8H12N4O3. The summed E-state index contributed by atoms with van der Waals surface area (Å²) in [6.07, 6.45) is 0. The van der Waals surface area contributed by atoms with Crippen LogP contribution in [0.25, 0.3) is 0 Å². The lowest BCUT2D eigenvalue weighted by Gasteiger charge is -2.02. The van der Waals surface area contributed by atoms with Gasteiger partial charge < -0.3 is 16.2 Å².